The van der Waals surface area contributed by atoms with E-state index in [1.165, 1.54) is 30.1 Å². The number of rotatable bonds is 4. The Labute approximate surface area is 166 Å². The van der Waals surface area contributed by atoms with E-state index < -0.39 is 11.8 Å². The van der Waals surface area contributed by atoms with Gasteiger partial charge in [-0.05, 0) is 56.0 Å². The first kappa shape index (κ1) is 19.6. The molecule has 8 heteroatoms. The monoisotopic (exact) mass is 398 g/mol. The molecule has 0 radical (unpaired) electrons. The van der Waals surface area contributed by atoms with Crippen LogP contribution in [-0.4, -0.2) is 27.6 Å². The van der Waals surface area contributed by atoms with Crippen LogP contribution in [0.4, 0.5) is 4.39 Å². The van der Waals surface area contributed by atoms with Crippen LogP contribution >= 0.6 is 11.8 Å². The van der Waals surface area contributed by atoms with E-state index in [1.807, 2.05) is 32.2 Å². The summed E-state index contributed by atoms with van der Waals surface area (Å²) in [4.78, 5) is 29.2. The van der Waals surface area contributed by atoms with Crippen molar-refractivity contribution in [1.29, 1.82) is 0 Å². The number of halogens is 1. The van der Waals surface area contributed by atoms with Crippen LogP contribution in [-0.2, 0) is 0 Å². The van der Waals surface area contributed by atoms with Gasteiger partial charge in [-0.2, -0.15) is 0 Å². The first-order valence-electron chi connectivity index (χ1n) is 8.46. The van der Waals surface area contributed by atoms with Crippen molar-refractivity contribution >= 4 is 23.6 Å². The van der Waals surface area contributed by atoms with E-state index in [1.54, 1.807) is 22.8 Å². The van der Waals surface area contributed by atoms with Crippen molar-refractivity contribution in [3.05, 3.63) is 76.9 Å². The highest BCUT2D eigenvalue weighted by Gasteiger charge is 2.19. The van der Waals surface area contributed by atoms with Crippen molar-refractivity contribution in [2.24, 2.45) is 0 Å². The molecule has 0 saturated heterocycles. The lowest BCUT2D eigenvalue weighted by Gasteiger charge is -2.12. The van der Waals surface area contributed by atoms with Gasteiger partial charge in [-0.3, -0.25) is 25.0 Å². The van der Waals surface area contributed by atoms with Gasteiger partial charge in [-0.1, -0.05) is 29.5 Å². The Bertz CT molecular complexity index is 1030. The Morgan fingerprint density at radius 1 is 1.04 bits per heavy atom. The summed E-state index contributed by atoms with van der Waals surface area (Å²) in [6, 6.07) is 11.2. The van der Waals surface area contributed by atoms with Gasteiger partial charge in [0.05, 0.1) is 6.20 Å². The van der Waals surface area contributed by atoms with Crippen molar-refractivity contribution in [2.75, 3.05) is 6.26 Å². The molecule has 0 spiro atoms. The molecule has 0 fully saturated rings. The highest BCUT2D eigenvalue weighted by molar-refractivity contribution is 7.98. The molecular formula is C20H19FN4O2S. The Hall–Kier alpha value is -3.13. The van der Waals surface area contributed by atoms with E-state index >= 15 is 0 Å². The second-order valence-corrected chi connectivity index (χ2v) is 6.94. The van der Waals surface area contributed by atoms with Gasteiger partial charge in [0, 0.05) is 11.3 Å². The molecule has 0 saturated carbocycles. The summed E-state index contributed by atoms with van der Waals surface area (Å²) in [5, 5.41) is 0.567. The lowest BCUT2D eigenvalue weighted by atomic mass is 10.1. The number of aromatic nitrogens is 2. The van der Waals surface area contributed by atoms with Crippen LogP contribution in [0, 0.1) is 19.7 Å². The highest BCUT2D eigenvalue weighted by Crippen LogP contribution is 2.22. The molecular weight excluding hydrogens is 379 g/mol. The Balaban J connectivity index is 1.80. The van der Waals surface area contributed by atoms with Crippen molar-refractivity contribution in [2.45, 2.75) is 19.0 Å². The molecule has 28 heavy (non-hydrogen) atoms. The summed E-state index contributed by atoms with van der Waals surface area (Å²) in [5.74, 6) is -1.32. The van der Waals surface area contributed by atoms with E-state index in [0.717, 1.165) is 11.1 Å². The third-order valence-electron chi connectivity index (χ3n) is 4.15. The van der Waals surface area contributed by atoms with E-state index in [9.17, 15) is 14.0 Å². The maximum atomic E-state index is 13.2. The molecule has 1 aromatic heterocycles. The summed E-state index contributed by atoms with van der Waals surface area (Å²) in [6.45, 7) is 3.77. The summed E-state index contributed by atoms with van der Waals surface area (Å²) >= 11 is 1.35. The van der Waals surface area contributed by atoms with Gasteiger partial charge in [-0.25, -0.2) is 9.37 Å². The predicted molar refractivity (Wildman–Crippen MR) is 106 cm³/mol. The van der Waals surface area contributed by atoms with E-state index in [4.69, 9.17) is 0 Å². The van der Waals surface area contributed by atoms with Crippen molar-refractivity contribution in [1.82, 2.24) is 20.4 Å². The second kappa shape index (κ2) is 8.26. The number of amides is 2. The molecule has 0 aliphatic rings. The van der Waals surface area contributed by atoms with Crippen molar-refractivity contribution in [3.63, 3.8) is 0 Å². The minimum Gasteiger partial charge on any atom is -0.283 e. The number of nitrogens with one attached hydrogen (secondary N) is 2. The first-order chi connectivity index (χ1) is 13.4. The SMILES string of the molecule is CSc1ncc(C(=O)NNC(=O)c2ccc(C)cc2C)n1-c1ccc(F)cc1. The van der Waals surface area contributed by atoms with Gasteiger partial charge in [0.1, 0.15) is 11.5 Å². The summed E-state index contributed by atoms with van der Waals surface area (Å²) < 4.78 is 14.8. The zero-order valence-corrected chi connectivity index (χ0v) is 16.4. The van der Waals surface area contributed by atoms with Gasteiger partial charge >= 0.3 is 0 Å². The number of hydrogen-bond acceptors (Lipinski definition) is 4. The fraction of sp³-hybridized carbons (Fsp3) is 0.150. The maximum absolute atomic E-state index is 13.2. The largest absolute Gasteiger partial charge is 0.288 e. The van der Waals surface area contributed by atoms with Crippen LogP contribution in [0.5, 0.6) is 0 Å². The molecule has 2 aromatic carbocycles. The molecule has 0 atom stereocenters. The standard InChI is InChI=1S/C20H19FN4O2S/c1-12-4-9-16(13(2)10-12)18(26)23-24-19(27)17-11-22-20(28-3)25(17)15-7-5-14(21)6-8-15/h4-11H,1-3H3,(H,23,26)(H,24,27). The number of nitrogens with zero attached hydrogens (tertiary/aromatic N) is 2. The molecule has 2 amide bonds. The van der Waals surface area contributed by atoms with Gasteiger partial charge < -0.3 is 0 Å². The lowest BCUT2D eigenvalue weighted by Crippen LogP contribution is -2.42. The minimum atomic E-state index is -0.532. The third-order valence-corrected chi connectivity index (χ3v) is 4.80. The fourth-order valence-corrected chi connectivity index (χ4v) is 3.34. The van der Waals surface area contributed by atoms with Crippen LogP contribution in [0.1, 0.15) is 32.0 Å². The quantitative estimate of drug-likeness (QED) is 0.522. The molecule has 2 N–H and O–H groups in total. The molecule has 0 aliphatic carbocycles. The maximum Gasteiger partial charge on any atom is 0.288 e. The van der Waals surface area contributed by atoms with Crippen LogP contribution in [0.3, 0.4) is 0 Å². The third kappa shape index (κ3) is 4.07. The first-order valence-corrected chi connectivity index (χ1v) is 9.69. The zero-order chi connectivity index (χ0) is 20.3. The van der Waals surface area contributed by atoms with Crippen LogP contribution in [0.2, 0.25) is 0 Å². The van der Waals surface area contributed by atoms with Crippen LogP contribution in [0.15, 0.2) is 53.8 Å². The molecule has 0 bridgehead atoms. The number of carbonyl (C=O) groups is 2. The van der Waals surface area contributed by atoms with E-state index in [0.29, 0.717) is 16.4 Å². The molecule has 0 aliphatic heterocycles. The number of hydrogen-bond donors (Lipinski definition) is 2. The van der Waals surface area contributed by atoms with Crippen LogP contribution < -0.4 is 10.9 Å². The fourth-order valence-electron chi connectivity index (χ4n) is 2.79. The molecule has 0 unspecified atom stereocenters. The number of thioether (sulfide) groups is 1. The highest BCUT2D eigenvalue weighted by atomic mass is 32.2. The number of aryl methyl sites for hydroxylation is 2. The van der Waals surface area contributed by atoms with Gasteiger partial charge in [-0.15, -0.1) is 0 Å². The zero-order valence-electron chi connectivity index (χ0n) is 15.6. The topological polar surface area (TPSA) is 76.0 Å². The normalized spacial score (nSPS) is 10.6. The van der Waals surface area contributed by atoms with Gasteiger partial charge in [0.25, 0.3) is 11.8 Å². The summed E-state index contributed by atoms with van der Waals surface area (Å²) in [7, 11) is 0. The predicted octanol–water partition coefficient (Wildman–Crippen LogP) is 3.42. The second-order valence-electron chi connectivity index (χ2n) is 6.17. The molecule has 1 heterocycles. The lowest BCUT2D eigenvalue weighted by molar-refractivity contribution is 0.0842. The smallest absolute Gasteiger partial charge is 0.283 e. The molecule has 3 rings (SSSR count). The molecule has 144 valence electrons. The Kier molecular flexibility index (Phi) is 5.79. The number of carbonyl (C=O) groups excluding carboxylic acids is 2. The van der Waals surface area contributed by atoms with Crippen molar-refractivity contribution < 1.29 is 14.0 Å². The van der Waals surface area contributed by atoms with Crippen molar-refractivity contribution in [3.8, 4) is 5.69 Å². The van der Waals surface area contributed by atoms with E-state index in [-0.39, 0.29) is 11.5 Å². The average molecular weight is 398 g/mol. The summed E-state index contributed by atoms with van der Waals surface area (Å²) in [5.41, 5.74) is 7.99. The number of benzene rings is 2. The van der Waals surface area contributed by atoms with Gasteiger partial charge in [0.15, 0.2) is 5.16 Å². The molecule has 3 aromatic rings. The van der Waals surface area contributed by atoms with Gasteiger partial charge in [0.2, 0.25) is 0 Å². The number of hydrazine groups is 1. The summed E-state index contributed by atoms with van der Waals surface area (Å²) in [6.07, 6.45) is 3.24. The number of imidazole rings is 1. The average Bonchev–Trinajstić information content (AvgIpc) is 3.10. The Morgan fingerprint density at radius 2 is 1.71 bits per heavy atom. The molecule has 6 nitrogen and oxygen atoms in total. The van der Waals surface area contributed by atoms with Crippen LogP contribution in [0.25, 0.3) is 5.69 Å². The van der Waals surface area contributed by atoms with E-state index in [2.05, 4.69) is 15.8 Å². The minimum absolute atomic E-state index is 0.219. The Morgan fingerprint density at radius 3 is 2.36 bits per heavy atom.